The predicted molar refractivity (Wildman–Crippen MR) is 76.7 cm³/mol. The molecule has 0 spiro atoms. The Labute approximate surface area is 118 Å². The Kier molecular flexibility index (Phi) is 3.19. The number of amides is 1. The summed E-state index contributed by atoms with van der Waals surface area (Å²) in [6.45, 7) is 0. The number of carbonyl (C=O) groups excluding carboxylic acids is 1. The van der Waals surface area contributed by atoms with Gasteiger partial charge in [-0.2, -0.15) is 0 Å². The molecule has 104 valence electrons. The molecule has 0 unspecified atom stereocenters. The van der Waals surface area contributed by atoms with E-state index < -0.39 is 17.3 Å². The van der Waals surface area contributed by atoms with Gasteiger partial charge in [-0.15, -0.1) is 0 Å². The highest BCUT2D eigenvalue weighted by molar-refractivity contribution is 6.04. The fraction of sp³-hybridized carbons (Fsp3) is 0. The van der Waals surface area contributed by atoms with Gasteiger partial charge in [0.2, 0.25) is 0 Å². The smallest absolute Gasteiger partial charge is 0.272 e. The molecule has 0 fully saturated rings. The van der Waals surface area contributed by atoms with Gasteiger partial charge in [-0.05, 0) is 41.8 Å². The predicted octanol–water partition coefficient (Wildman–Crippen LogP) is 2.31. The van der Waals surface area contributed by atoms with Gasteiger partial charge in [-0.3, -0.25) is 14.6 Å². The van der Waals surface area contributed by atoms with Gasteiger partial charge in [0.1, 0.15) is 11.5 Å². The van der Waals surface area contributed by atoms with Gasteiger partial charge in [0.15, 0.2) is 0 Å². The molecule has 0 radical (unpaired) electrons. The normalized spacial score (nSPS) is 10.5. The van der Waals surface area contributed by atoms with Crippen molar-refractivity contribution in [1.82, 2.24) is 9.97 Å². The zero-order chi connectivity index (χ0) is 14.8. The third-order valence-electron chi connectivity index (χ3n) is 2.97. The highest BCUT2D eigenvalue weighted by atomic mass is 19.1. The first-order valence-electron chi connectivity index (χ1n) is 6.17. The summed E-state index contributed by atoms with van der Waals surface area (Å²) in [4.78, 5) is 30.3. The molecule has 0 atom stereocenters. The zero-order valence-corrected chi connectivity index (χ0v) is 10.8. The van der Waals surface area contributed by atoms with Gasteiger partial charge >= 0.3 is 0 Å². The number of aromatic nitrogens is 2. The minimum atomic E-state index is -0.494. The number of hydrogen-bond donors (Lipinski definition) is 2. The Balaban J connectivity index is 2.00. The molecule has 0 saturated carbocycles. The molecule has 1 amide bonds. The summed E-state index contributed by atoms with van der Waals surface area (Å²) in [6.07, 6.45) is 3.06. The summed E-state index contributed by atoms with van der Waals surface area (Å²) < 4.78 is 13.2. The number of carbonyl (C=O) groups is 1. The molecule has 0 bridgehead atoms. The lowest BCUT2D eigenvalue weighted by atomic mass is 10.1. The van der Waals surface area contributed by atoms with Gasteiger partial charge in [0.05, 0.1) is 11.9 Å². The number of fused-ring (bicyclic) bond motifs is 1. The van der Waals surface area contributed by atoms with Gasteiger partial charge in [-0.25, -0.2) is 4.39 Å². The van der Waals surface area contributed by atoms with Crippen molar-refractivity contribution in [2.45, 2.75) is 0 Å². The van der Waals surface area contributed by atoms with Crippen molar-refractivity contribution >= 4 is 22.4 Å². The summed E-state index contributed by atoms with van der Waals surface area (Å²) in [5.74, 6) is -0.960. The molecular weight excluding hydrogens is 273 g/mol. The molecule has 3 aromatic rings. The molecule has 2 aromatic heterocycles. The Morgan fingerprint density at radius 1 is 1.24 bits per heavy atom. The van der Waals surface area contributed by atoms with Gasteiger partial charge in [-0.1, -0.05) is 0 Å². The lowest BCUT2D eigenvalue weighted by Gasteiger charge is -2.05. The fourth-order valence-electron chi connectivity index (χ4n) is 2.00. The van der Waals surface area contributed by atoms with E-state index in [1.165, 1.54) is 30.5 Å². The van der Waals surface area contributed by atoms with Gasteiger partial charge in [0.25, 0.3) is 11.5 Å². The minimum Gasteiger partial charge on any atom is -0.319 e. The highest BCUT2D eigenvalue weighted by Gasteiger charge is 2.10. The Hall–Kier alpha value is -3.02. The molecule has 5 nitrogen and oxygen atoms in total. The van der Waals surface area contributed by atoms with Crippen molar-refractivity contribution in [3.63, 3.8) is 0 Å². The molecule has 3 rings (SSSR count). The lowest BCUT2D eigenvalue weighted by Crippen LogP contribution is -2.19. The van der Waals surface area contributed by atoms with Gasteiger partial charge < -0.3 is 10.3 Å². The average molecular weight is 283 g/mol. The summed E-state index contributed by atoms with van der Waals surface area (Å²) in [6, 6.07) is 8.58. The van der Waals surface area contributed by atoms with Crippen LogP contribution in [0.15, 0.2) is 53.6 Å². The van der Waals surface area contributed by atoms with Crippen LogP contribution in [0.5, 0.6) is 0 Å². The molecule has 2 N–H and O–H groups in total. The number of nitrogens with one attached hydrogen (secondary N) is 2. The minimum absolute atomic E-state index is 0.0574. The van der Waals surface area contributed by atoms with Crippen LogP contribution in [-0.2, 0) is 0 Å². The third-order valence-corrected chi connectivity index (χ3v) is 2.97. The Morgan fingerprint density at radius 2 is 2.10 bits per heavy atom. The van der Waals surface area contributed by atoms with Crippen LogP contribution in [0.25, 0.3) is 10.8 Å². The van der Waals surface area contributed by atoms with Crippen LogP contribution in [0.4, 0.5) is 10.1 Å². The van der Waals surface area contributed by atoms with E-state index in [-0.39, 0.29) is 5.69 Å². The van der Waals surface area contributed by atoms with Crippen molar-refractivity contribution < 1.29 is 9.18 Å². The van der Waals surface area contributed by atoms with Crippen molar-refractivity contribution in [3.8, 4) is 0 Å². The molecular formula is C15H10FN3O2. The monoisotopic (exact) mass is 283 g/mol. The van der Waals surface area contributed by atoms with Crippen LogP contribution in [0.2, 0.25) is 0 Å². The number of H-pyrrole nitrogens is 1. The fourth-order valence-corrected chi connectivity index (χ4v) is 2.00. The van der Waals surface area contributed by atoms with E-state index in [0.717, 1.165) is 0 Å². The molecule has 0 saturated heterocycles. The van der Waals surface area contributed by atoms with E-state index in [9.17, 15) is 14.0 Å². The molecule has 6 heteroatoms. The quantitative estimate of drug-likeness (QED) is 0.758. The maximum absolute atomic E-state index is 13.2. The second-order valence-corrected chi connectivity index (χ2v) is 4.44. The zero-order valence-electron chi connectivity index (χ0n) is 10.8. The number of halogens is 1. The van der Waals surface area contributed by atoms with Crippen LogP contribution in [-0.4, -0.2) is 15.9 Å². The number of benzene rings is 1. The SMILES string of the molecule is O=C(Nc1cccnc1)c1cc2cc(F)ccc2c(=O)[nH]1. The lowest BCUT2D eigenvalue weighted by molar-refractivity contribution is 0.102. The van der Waals surface area contributed by atoms with E-state index in [1.54, 1.807) is 18.3 Å². The number of anilines is 1. The number of rotatable bonds is 2. The molecule has 0 aliphatic rings. The van der Waals surface area contributed by atoms with Crippen molar-refractivity contribution in [3.05, 3.63) is 70.7 Å². The van der Waals surface area contributed by atoms with Crippen LogP contribution >= 0.6 is 0 Å². The highest BCUT2D eigenvalue weighted by Crippen LogP contribution is 2.13. The molecule has 1 aromatic carbocycles. The first kappa shape index (κ1) is 13.0. The maximum Gasteiger partial charge on any atom is 0.272 e. The van der Waals surface area contributed by atoms with E-state index in [2.05, 4.69) is 15.3 Å². The molecule has 2 heterocycles. The van der Waals surface area contributed by atoms with E-state index in [4.69, 9.17) is 0 Å². The van der Waals surface area contributed by atoms with Crippen LogP contribution < -0.4 is 10.9 Å². The number of hydrogen-bond acceptors (Lipinski definition) is 3. The van der Waals surface area contributed by atoms with Crippen molar-refractivity contribution in [1.29, 1.82) is 0 Å². The first-order chi connectivity index (χ1) is 10.1. The van der Waals surface area contributed by atoms with Gasteiger partial charge in [0, 0.05) is 11.6 Å². The molecule has 21 heavy (non-hydrogen) atoms. The molecule has 0 aliphatic heterocycles. The van der Waals surface area contributed by atoms with Crippen LogP contribution in [0.1, 0.15) is 10.5 Å². The number of pyridine rings is 2. The summed E-state index contributed by atoms with van der Waals surface area (Å²) in [7, 11) is 0. The Bertz CT molecular complexity index is 875. The topological polar surface area (TPSA) is 74.8 Å². The van der Waals surface area contributed by atoms with Crippen molar-refractivity contribution in [2.24, 2.45) is 0 Å². The largest absolute Gasteiger partial charge is 0.319 e. The summed E-state index contributed by atoms with van der Waals surface area (Å²) in [5, 5.41) is 3.30. The summed E-state index contributed by atoms with van der Waals surface area (Å²) >= 11 is 0. The average Bonchev–Trinajstić information content (AvgIpc) is 2.47. The molecule has 0 aliphatic carbocycles. The number of nitrogens with zero attached hydrogens (tertiary/aromatic N) is 1. The van der Waals surface area contributed by atoms with E-state index in [1.807, 2.05) is 0 Å². The second-order valence-electron chi connectivity index (χ2n) is 4.44. The Morgan fingerprint density at radius 3 is 2.86 bits per heavy atom. The number of aromatic amines is 1. The maximum atomic E-state index is 13.2. The van der Waals surface area contributed by atoms with Crippen molar-refractivity contribution in [2.75, 3.05) is 5.32 Å². The third kappa shape index (κ3) is 2.64. The summed E-state index contributed by atoms with van der Waals surface area (Å²) in [5.41, 5.74) is 0.119. The van der Waals surface area contributed by atoms with E-state index in [0.29, 0.717) is 16.5 Å². The van der Waals surface area contributed by atoms with Crippen LogP contribution in [0.3, 0.4) is 0 Å². The first-order valence-corrected chi connectivity index (χ1v) is 6.17. The van der Waals surface area contributed by atoms with Crippen LogP contribution in [0, 0.1) is 5.82 Å². The van der Waals surface area contributed by atoms with E-state index >= 15 is 0 Å². The second kappa shape index (κ2) is 5.16. The standard InChI is InChI=1S/C15H10FN3O2/c16-10-3-4-12-9(6-10)7-13(19-14(12)20)15(21)18-11-2-1-5-17-8-11/h1-8H,(H,18,21)(H,19,20).